The monoisotopic (exact) mass is 243 g/mol. The molecule has 4 heteroatoms. The maximum Gasteiger partial charge on any atom is 0.125 e. The van der Waals surface area contributed by atoms with Crippen LogP contribution >= 0.6 is 34.5 Å². The number of benzene rings is 1. The molecule has 0 fully saturated rings. The van der Waals surface area contributed by atoms with E-state index in [0.717, 1.165) is 25.6 Å². The third-order valence-electron chi connectivity index (χ3n) is 1.83. The second kappa shape index (κ2) is 3.89. The van der Waals surface area contributed by atoms with Crippen LogP contribution < -0.4 is 0 Å². The van der Waals surface area contributed by atoms with Crippen LogP contribution in [0.5, 0.6) is 0 Å². The average molecular weight is 244 g/mol. The summed E-state index contributed by atoms with van der Waals surface area (Å²) >= 11 is 13.2. The molecule has 1 heterocycles. The molecule has 0 saturated carbocycles. The van der Waals surface area contributed by atoms with Crippen LogP contribution in [0.4, 0.5) is 0 Å². The summed E-state index contributed by atoms with van der Waals surface area (Å²) in [6, 6.07) is 7.58. The summed E-state index contributed by atoms with van der Waals surface area (Å²) in [6.45, 7) is 1.90. The molecule has 1 aromatic heterocycles. The maximum atomic E-state index is 5.94. The molecule has 2 rings (SSSR count). The molecular weight excluding hydrogens is 237 g/mol. The molecule has 0 aliphatic rings. The van der Waals surface area contributed by atoms with Crippen molar-refractivity contribution < 1.29 is 0 Å². The molecule has 0 radical (unpaired) electrons. The summed E-state index contributed by atoms with van der Waals surface area (Å²) in [5.74, 6) is 0. The number of nitrogens with zero attached hydrogens (tertiary/aromatic N) is 1. The lowest BCUT2D eigenvalue weighted by atomic mass is 10.2. The number of thiazole rings is 1. The van der Waals surface area contributed by atoms with Crippen LogP contribution in [0.1, 0.15) is 5.69 Å². The highest BCUT2D eigenvalue weighted by Gasteiger charge is 2.06. The predicted octanol–water partition coefficient (Wildman–Crippen LogP) is 4.43. The minimum atomic E-state index is 0.730. The molecule has 2 aromatic rings. The average Bonchev–Trinajstić information content (AvgIpc) is 2.48. The molecule has 0 aliphatic heterocycles. The van der Waals surface area contributed by atoms with Crippen molar-refractivity contribution in [1.82, 2.24) is 4.98 Å². The fraction of sp³-hybridized carbons (Fsp3) is 0.100. The van der Waals surface area contributed by atoms with Gasteiger partial charge in [0.2, 0.25) is 0 Å². The Bertz CT molecular complexity index is 428. The Morgan fingerprint density at radius 1 is 1.14 bits per heavy atom. The number of rotatable bonds is 1. The molecule has 0 bridgehead atoms. The minimum absolute atomic E-state index is 0.730. The third-order valence-corrected chi connectivity index (χ3v) is 3.58. The summed E-state index contributed by atoms with van der Waals surface area (Å²) in [4.78, 5) is 4.35. The van der Waals surface area contributed by atoms with Crippen molar-refractivity contribution >= 4 is 34.5 Å². The normalized spacial score (nSPS) is 10.5. The summed E-state index contributed by atoms with van der Waals surface area (Å²) in [7, 11) is 0. The Morgan fingerprint density at radius 3 is 2.29 bits per heavy atom. The van der Waals surface area contributed by atoms with Crippen LogP contribution in [0.15, 0.2) is 24.3 Å². The van der Waals surface area contributed by atoms with Crippen molar-refractivity contribution in [3.8, 4) is 10.6 Å². The van der Waals surface area contributed by atoms with Gasteiger partial charge in [-0.15, -0.1) is 11.3 Å². The fourth-order valence-electron chi connectivity index (χ4n) is 1.09. The first-order valence-corrected chi connectivity index (χ1v) is 5.63. The first-order chi connectivity index (χ1) is 6.66. The van der Waals surface area contributed by atoms with Crippen molar-refractivity contribution in [2.24, 2.45) is 0 Å². The van der Waals surface area contributed by atoms with Crippen molar-refractivity contribution in [1.29, 1.82) is 0 Å². The van der Waals surface area contributed by atoms with Crippen LogP contribution in [0.25, 0.3) is 10.6 Å². The van der Waals surface area contributed by atoms with Crippen molar-refractivity contribution in [3.63, 3.8) is 0 Å². The van der Waals surface area contributed by atoms with E-state index in [1.54, 1.807) is 0 Å². The largest absolute Gasteiger partial charge is 0.240 e. The smallest absolute Gasteiger partial charge is 0.125 e. The van der Waals surface area contributed by atoms with Gasteiger partial charge in [0.25, 0.3) is 0 Å². The standard InChI is InChI=1S/C10H7Cl2NS/c1-6-9(12)14-10(13-6)7-2-4-8(11)5-3-7/h2-5H,1H3. The number of hydrogen-bond donors (Lipinski definition) is 0. The van der Waals surface area contributed by atoms with Crippen LogP contribution in [-0.2, 0) is 0 Å². The highest BCUT2D eigenvalue weighted by Crippen LogP contribution is 2.31. The van der Waals surface area contributed by atoms with Gasteiger partial charge in [-0.2, -0.15) is 0 Å². The summed E-state index contributed by atoms with van der Waals surface area (Å²) < 4.78 is 0.745. The Kier molecular flexibility index (Phi) is 2.77. The lowest BCUT2D eigenvalue weighted by Gasteiger charge is -1.94. The Hall–Kier alpha value is -0.570. The van der Waals surface area contributed by atoms with Gasteiger partial charge in [0.1, 0.15) is 9.34 Å². The van der Waals surface area contributed by atoms with E-state index >= 15 is 0 Å². The molecule has 0 unspecified atom stereocenters. The van der Waals surface area contributed by atoms with Crippen molar-refractivity contribution in [2.45, 2.75) is 6.92 Å². The number of aryl methyl sites for hydroxylation is 1. The molecule has 0 spiro atoms. The van der Waals surface area contributed by atoms with Gasteiger partial charge in [-0.1, -0.05) is 35.3 Å². The topological polar surface area (TPSA) is 12.9 Å². The molecule has 72 valence electrons. The molecule has 0 amide bonds. The van der Waals surface area contributed by atoms with Crippen LogP contribution in [0, 0.1) is 6.92 Å². The zero-order chi connectivity index (χ0) is 10.1. The summed E-state index contributed by atoms with van der Waals surface area (Å²) in [5.41, 5.74) is 1.93. The van der Waals surface area contributed by atoms with E-state index in [1.165, 1.54) is 11.3 Å². The molecular formula is C10H7Cl2NS. The number of hydrogen-bond acceptors (Lipinski definition) is 2. The van der Waals surface area contributed by atoms with E-state index in [-0.39, 0.29) is 0 Å². The minimum Gasteiger partial charge on any atom is -0.240 e. The number of aromatic nitrogens is 1. The lowest BCUT2D eigenvalue weighted by Crippen LogP contribution is -1.76. The van der Waals surface area contributed by atoms with Crippen LogP contribution in [0.2, 0.25) is 9.36 Å². The van der Waals surface area contributed by atoms with E-state index in [4.69, 9.17) is 23.2 Å². The van der Waals surface area contributed by atoms with Gasteiger partial charge in [0, 0.05) is 10.6 Å². The van der Waals surface area contributed by atoms with Gasteiger partial charge in [-0.05, 0) is 19.1 Å². The van der Waals surface area contributed by atoms with Crippen molar-refractivity contribution in [2.75, 3.05) is 0 Å². The van der Waals surface area contributed by atoms with Crippen molar-refractivity contribution in [3.05, 3.63) is 39.3 Å². The van der Waals surface area contributed by atoms with Crippen LogP contribution in [-0.4, -0.2) is 4.98 Å². The van der Waals surface area contributed by atoms with Crippen LogP contribution in [0.3, 0.4) is 0 Å². The Labute approximate surface area is 96.3 Å². The Morgan fingerprint density at radius 2 is 1.79 bits per heavy atom. The SMILES string of the molecule is Cc1nc(-c2ccc(Cl)cc2)sc1Cl. The molecule has 1 aromatic carbocycles. The summed E-state index contributed by atoms with van der Waals surface area (Å²) in [6.07, 6.45) is 0. The highest BCUT2D eigenvalue weighted by atomic mass is 35.5. The van der Waals surface area contributed by atoms with Gasteiger partial charge in [0.05, 0.1) is 5.69 Å². The van der Waals surface area contributed by atoms with Gasteiger partial charge in [-0.25, -0.2) is 4.98 Å². The zero-order valence-corrected chi connectivity index (χ0v) is 9.75. The maximum absolute atomic E-state index is 5.94. The van der Waals surface area contributed by atoms with E-state index < -0.39 is 0 Å². The molecule has 0 saturated heterocycles. The van der Waals surface area contributed by atoms with Gasteiger partial charge < -0.3 is 0 Å². The highest BCUT2D eigenvalue weighted by molar-refractivity contribution is 7.19. The lowest BCUT2D eigenvalue weighted by molar-refractivity contribution is 1.27. The quantitative estimate of drug-likeness (QED) is 0.723. The van der Waals surface area contributed by atoms with E-state index in [9.17, 15) is 0 Å². The van der Waals surface area contributed by atoms with E-state index in [0.29, 0.717) is 0 Å². The molecule has 0 aliphatic carbocycles. The second-order valence-electron chi connectivity index (χ2n) is 2.89. The number of halogens is 2. The molecule has 14 heavy (non-hydrogen) atoms. The second-order valence-corrected chi connectivity index (χ2v) is 4.92. The first-order valence-electron chi connectivity index (χ1n) is 4.05. The van der Waals surface area contributed by atoms with Gasteiger partial charge >= 0.3 is 0 Å². The van der Waals surface area contributed by atoms with E-state index in [2.05, 4.69) is 4.98 Å². The third kappa shape index (κ3) is 1.92. The predicted molar refractivity (Wildman–Crippen MR) is 62.3 cm³/mol. The van der Waals surface area contributed by atoms with Gasteiger partial charge in [-0.3, -0.25) is 0 Å². The summed E-state index contributed by atoms with van der Waals surface area (Å²) in [5, 5.41) is 1.66. The molecule has 1 nitrogen and oxygen atoms in total. The molecule has 0 N–H and O–H groups in total. The van der Waals surface area contributed by atoms with E-state index in [1.807, 2.05) is 31.2 Å². The Balaban J connectivity index is 2.44. The van der Waals surface area contributed by atoms with Gasteiger partial charge in [0.15, 0.2) is 0 Å². The first kappa shape index (κ1) is 9.97. The molecule has 0 atom stereocenters. The zero-order valence-electron chi connectivity index (χ0n) is 7.42. The fourth-order valence-corrected chi connectivity index (χ4v) is 2.28.